The van der Waals surface area contributed by atoms with Crippen LogP contribution in [0.4, 0.5) is 0 Å². The number of carbonyl (C=O) groups is 2. The van der Waals surface area contributed by atoms with Crippen LogP contribution in [0.3, 0.4) is 0 Å². The van der Waals surface area contributed by atoms with Gasteiger partial charge in [0.25, 0.3) is 0 Å². The molecule has 1 aromatic heterocycles. The van der Waals surface area contributed by atoms with Crippen molar-refractivity contribution in [3.05, 3.63) is 16.9 Å². The highest BCUT2D eigenvalue weighted by Crippen LogP contribution is 1.98. The van der Waals surface area contributed by atoms with Gasteiger partial charge in [0.2, 0.25) is 5.28 Å². The SMILES string of the molecule is O=Cc1nc(Cl)nc(C=O)n1. The molecule has 0 saturated heterocycles. The lowest BCUT2D eigenvalue weighted by Crippen LogP contribution is -2.01. The van der Waals surface area contributed by atoms with E-state index < -0.39 is 0 Å². The molecule has 0 aliphatic heterocycles. The van der Waals surface area contributed by atoms with E-state index in [1.165, 1.54) is 0 Å². The normalized spacial score (nSPS) is 9.18. The Bertz CT molecular complexity index is 276. The molecule has 0 bridgehead atoms. The van der Waals surface area contributed by atoms with Gasteiger partial charge < -0.3 is 0 Å². The minimum atomic E-state index is -0.163. The van der Waals surface area contributed by atoms with Crippen LogP contribution in [0.2, 0.25) is 5.28 Å². The molecule has 0 radical (unpaired) electrons. The van der Waals surface area contributed by atoms with Gasteiger partial charge >= 0.3 is 0 Å². The van der Waals surface area contributed by atoms with Crippen LogP contribution in [0.25, 0.3) is 0 Å². The number of hydrogen-bond acceptors (Lipinski definition) is 5. The molecule has 0 aliphatic carbocycles. The lowest BCUT2D eigenvalue weighted by atomic mass is 10.6. The van der Waals surface area contributed by atoms with Crippen LogP contribution in [0.5, 0.6) is 0 Å². The predicted octanol–water partition coefficient (Wildman–Crippen LogP) is 0.150. The molecule has 1 aromatic rings. The van der Waals surface area contributed by atoms with Crippen LogP contribution >= 0.6 is 11.6 Å². The fourth-order valence-electron chi connectivity index (χ4n) is 0.487. The van der Waals surface area contributed by atoms with E-state index in [9.17, 15) is 9.59 Å². The van der Waals surface area contributed by atoms with Crippen molar-refractivity contribution in [2.45, 2.75) is 0 Å². The number of aromatic nitrogens is 3. The summed E-state index contributed by atoms with van der Waals surface area (Å²) in [6.07, 6.45) is 0.779. The second-order valence-electron chi connectivity index (χ2n) is 1.56. The van der Waals surface area contributed by atoms with Crippen LogP contribution in [0, 0.1) is 0 Å². The zero-order valence-electron chi connectivity index (χ0n) is 5.19. The zero-order chi connectivity index (χ0) is 8.27. The summed E-state index contributed by atoms with van der Waals surface area (Å²) in [5.41, 5.74) is 0. The molecular formula is C5H2ClN3O2. The molecule has 0 atom stereocenters. The Kier molecular flexibility index (Phi) is 2.22. The van der Waals surface area contributed by atoms with Crippen molar-refractivity contribution < 1.29 is 9.59 Å². The van der Waals surface area contributed by atoms with Gasteiger partial charge in [-0.1, -0.05) is 0 Å². The summed E-state index contributed by atoms with van der Waals surface area (Å²) in [5.74, 6) is -0.292. The van der Waals surface area contributed by atoms with Crippen molar-refractivity contribution in [3.63, 3.8) is 0 Å². The second kappa shape index (κ2) is 3.16. The fourth-order valence-corrected chi connectivity index (χ4v) is 0.660. The third-order valence-electron chi connectivity index (χ3n) is 0.854. The largest absolute Gasteiger partial charge is 0.294 e. The molecule has 0 amide bonds. The van der Waals surface area contributed by atoms with E-state index in [2.05, 4.69) is 15.0 Å². The van der Waals surface area contributed by atoms with Gasteiger partial charge in [-0.05, 0) is 11.6 Å². The summed E-state index contributed by atoms with van der Waals surface area (Å²) >= 11 is 5.33. The fraction of sp³-hybridized carbons (Fsp3) is 0. The predicted molar refractivity (Wildman–Crippen MR) is 35.6 cm³/mol. The molecule has 0 fully saturated rings. The van der Waals surface area contributed by atoms with Crippen molar-refractivity contribution in [2.75, 3.05) is 0 Å². The van der Waals surface area contributed by atoms with Crippen molar-refractivity contribution in [3.8, 4) is 0 Å². The Morgan fingerprint density at radius 2 is 1.45 bits per heavy atom. The molecule has 0 aliphatic rings. The van der Waals surface area contributed by atoms with Crippen LogP contribution in [-0.2, 0) is 0 Å². The molecule has 5 nitrogen and oxygen atoms in total. The Morgan fingerprint density at radius 1 is 1.00 bits per heavy atom. The highest BCUT2D eigenvalue weighted by molar-refractivity contribution is 6.28. The molecular weight excluding hydrogens is 170 g/mol. The number of hydrogen-bond donors (Lipinski definition) is 0. The number of rotatable bonds is 2. The Balaban J connectivity index is 3.21. The summed E-state index contributed by atoms with van der Waals surface area (Å²) in [4.78, 5) is 30.5. The van der Waals surface area contributed by atoms with Gasteiger partial charge in [0.1, 0.15) is 0 Å². The minimum Gasteiger partial charge on any atom is -0.294 e. The number of halogens is 1. The monoisotopic (exact) mass is 171 g/mol. The van der Waals surface area contributed by atoms with Crippen molar-refractivity contribution in [2.24, 2.45) is 0 Å². The van der Waals surface area contributed by atoms with Gasteiger partial charge in [0.05, 0.1) is 0 Å². The number of carbonyl (C=O) groups excluding carboxylic acids is 2. The standard InChI is InChI=1S/C5H2ClN3O2/c6-5-8-3(1-10)7-4(2-11)9-5/h1-2H. The molecule has 0 N–H and O–H groups in total. The van der Waals surface area contributed by atoms with Gasteiger partial charge in [-0.3, -0.25) is 9.59 Å². The molecule has 11 heavy (non-hydrogen) atoms. The molecule has 56 valence electrons. The summed E-state index contributed by atoms with van der Waals surface area (Å²) in [6, 6.07) is 0. The maximum atomic E-state index is 10.1. The first kappa shape index (κ1) is 7.74. The first-order valence-electron chi connectivity index (χ1n) is 2.58. The summed E-state index contributed by atoms with van der Waals surface area (Å²) < 4.78 is 0. The van der Waals surface area contributed by atoms with E-state index in [1.807, 2.05) is 0 Å². The first-order chi connectivity index (χ1) is 5.26. The van der Waals surface area contributed by atoms with E-state index in [0.717, 1.165) is 0 Å². The van der Waals surface area contributed by atoms with Crippen LogP contribution in [-0.4, -0.2) is 27.5 Å². The Hall–Kier alpha value is -1.36. The third kappa shape index (κ3) is 1.78. The maximum Gasteiger partial charge on any atom is 0.226 e. The molecule has 6 heteroatoms. The second-order valence-corrected chi connectivity index (χ2v) is 1.89. The maximum absolute atomic E-state index is 10.1. The van der Waals surface area contributed by atoms with E-state index in [0.29, 0.717) is 12.6 Å². The quantitative estimate of drug-likeness (QED) is 0.593. The zero-order valence-corrected chi connectivity index (χ0v) is 5.95. The van der Waals surface area contributed by atoms with E-state index in [-0.39, 0.29) is 16.9 Å². The van der Waals surface area contributed by atoms with E-state index in [1.54, 1.807) is 0 Å². The van der Waals surface area contributed by atoms with Gasteiger partial charge in [-0.15, -0.1) is 0 Å². The third-order valence-corrected chi connectivity index (χ3v) is 1.02. The van der Waals surface area contributed by atoms with Gasteiger partial charge in [0, 0.05) is 0 Å². The van der Waals surface area contributed by atoms with E-state index >= 15 is 0 Å². The van der Waals surface area contributed by atoms with Crippen LogP contribution < -0.4 is 0 Å². The van der Waals surface area contributed by atoms with Crippen LogP contribution in [0.1, 0.15) is 21.2 Å². The summed E-state index contributed by atoms with van der Waals surface area (Å²) in [6.45, 7) is 0. The first-order valence-corrected chi connectivity index (χ1v) is 2.96. The van der Waals surface area contributed by atoms with Crippen molar-refractivity contribution >= 4 is 24.2 Å². The summed E-state index contributed by atoms with van der Waals surface area (Å²) in [5, 5.41) is -0.163. The topological polar surface area (TPSA) is 72.8 Å². The van der Waals surface area contributed by atoms with Gasteiger partial charge in [0.15, 0.2) is 24.2 Å². The molecule has 0 aromatic carbocycles. The van der Waals surface area contributed by atoms with Gasteiger partial charge in [-0.2, -0.15) is 9.97 Å². The van der Waals surface area contributed by atoms with E-state index in [4.69, 9.17) is 11.6 Å². The van der Waals surface area contributed by atoms with Crippen LogP contribution in [0.15, 0.2) is 0 Å². The molecule has 0 unspecified atom stereocenters. The summed E-state index contributed by atoms with van der Waals surface area (Å²) in [7, 11) is 0. The smallest absolute Gasteiger partial charge is 0.226 e. The average Bonchev–Trinajstić information content (AvgIpc) is 2.03. The lowest BCUT2D eigenvalue weighted by Gasteiger charge is -1.91. The van der Waals surface area contributed by atoms with Gasteiger partial charge in [-0.25, -0.2) is 4.98 Å². The molecule has 0 saturated carbocycles. The Labute approximate surface area is 66.4 Å². The highest BCUT2D eigenvalue weighted by Gasteiger charge is 2.01. The number of aldehydes is 2. The molecule has 0 spiro atoms. The van der Waals surface area contributed by atoms with Crippen molar-refractivity contribution in [1.82, 2.24) is 15.0 Å². The van der Waals surface area contributed by atoms with Crippen molar-refractivity contribution in [1.29, 1.82) is 0 Å². The molecule has 1 heterocycles. The number of nitrogens with zero attached hydrogens (tertiary/aromatic N) is 3. The molecule has 1 rings (SSSR count). The minimum absolute atomic E-state index is 0.146. The lowest BCUT2D eigenvalue weighted by molar-refractivity contribution is 0.111. The average molecular weight is 172 g/mol. The Morgan fingerprint density at radius 3 is 1.82 bits per heavy atom. The highest BCUT2D eigenvalue weighted by atomic mass is 35.5.